The van der Waals surface area contributed by atoms with Gasteiger partial charge in [0.05, 0.1) is 22.3 Å². The minimum Gasteiger partial charge on any atom is -0.478 e. The van der Waals surface area contributed by atoms with Crippen molar-refractivity contribution in [3.8, 4) is 0 Å². The number of aryl methyl sites for hydroxylation is 1. The predicted molar refractivity (Wildman–Crippen MR) is 84.5 cm³/mol. The second kappa shape index (κ2) is 7.41. The number of halogens is 1. The fourth-order valence-electron chi connectivity index (χ4n) is 2.26. The first-order valence-electron chi connectivity index (χ1n) is 7.36. The summed E-state index contributed by atoms with van der Waals surface area (Å²) < 4.78 is 6.58. The number of pyridine rings is 1. The highest BCUT2D eigenvalue weighted by molar-refractivity contribution is 6.38. The van der Waals surface area contributed by atoms with E-state index in [9.17, 15) is 14.7 Å². The van der Waals surface area contributed by atoms with Gasteiger partial charge in [-0.15, -0.1) is 0 Å². The smallest absolute Gasteiger partial charge is 0.339 e. The highest BCUT2D eigenvalue weighted by Crippen LogP contribution is 2.29. The zero-order valence-electron chi connectivity index (χ0n) is 13.0. The van der Waals surface area contributed by atoms with Gasteiger partial charge < -0.3 is 9.84 Å². The third-order valence-corrected chi connectivity index (χ3v) is 3.79. The lowest BCUT2D eigenvalue weighted by atomic mass is 10.1. The summed E-state index contributed by atoms with van der Waals surface area (Å²) in [6.07, 6.45) is 4.59. The number of aromatic carboxylic acids is 1. The van der Waals surface area contributed by atoms with E-state index in [1.54, 1.807) is 4.68 Å². The number of aromatic nitrogens is 3. The van der Waals surface area contributed by atoms with E-state index in [1.807, 2.05) is 0 Å². The molecule has 7 nitrogen and oxygen atoms in total. The Morgan fingerprint density at radius 1 is 1.39 bits per heavy atom. The number of fused-ring (bicyclic) bond motifs is 1. The monoisotopic (exact) mass is 339 g/mol. The Bertz CT molecular complexity index is 742. The molecule has 0 atom stereocenters. The van der Waals surface area contributed by atoms with E-state index in [-0.39, 0.29) is 22.9 Å². The summed E-state index contributed by atoms with van der Waals surface area (Å²) in [4.78, 5) is 26.8. The number of ether oxygens (including phenoxy) is 1. The molecular formula is C15H18ClN3O4. The lowest BCUT2D eigenvalue weighted by molar-refractivity contribution is -0.142. The van der Waals surface area contributed by atoms with E-state index in [2.05, 4.69) is 17.0 Å². The molecule has 124 valence electrons. The van der Waals surface area contributed by atoms with Crippen LogP contribution >= 0.6 is 11.6 Å². The molecule has 0 bridgehead atoms. The number of carboxylic acid groups (broad SMARTS) is 1. The number of nitrogens with zero attached hydrogens (tertiary/aromatic N) is 3. The number of carbonyl (C=O) groups excluding carboxylic acids is 1. The Morgan fingerprint density at radius 2 is 2.13 bits per heavy atom. The van der Waals surface area contributed by atoms with Crippen molar-refractivity contribution in [1.29, 1.82) is 0 Å². The largest absolute Gasteiger partial charge is 0.478 e. The van der Waals surface area contributed by atoms with Crippen LogP contribution in [0.5, 0.6) is 0 Å². The number of rotatable bonds is 7. The summed E-state index contributed by atoms with van der Waals surface area (Å²) in [5, 5.41) is 14.1. The topological polar surface area (TPSA) is 94.3 Å². The van der Waals surface area contributed by atoms with Crippen molar-refractivity contribution < 1.29 is 19.4 Å². The molecule has 2 rings (SSSR count). The number of hydrogen-bond donors (Lipinski definition) is 1. The maximum Gasteiger partial charge on any atom is 0.339 e. The Labute approximate surface area is 138 Å². The molecule has 0 saturated carbocycles. The van der Waals surface area contributed by atoms with Gasteiger partial charge in [-0.25, -0.2) is 14.5 Å². The molecule has 0 aliphatic heterocycles. The lowest BCUT2D eigenvalue weighted by Crippen LogP contribution is -2.11. The maximum absolute atomic E-state index is 11.5. The molecule has 0 fully saturated rings. The van der Waals surface area contributed by atoms with E-state index in [1.165, 1.54) is 13.1 Å². The molecule has 23 heavy (non-hydrogen) atoms. The Morgan fingerprint density at radius 3 is 2.74 bits per heavy atom. The Balaban J connectivity index is 2.48. The van der Waals surface area contributed by atoms with Crippen LogP contribution in [0.2, 0.25) is 5.02 Å². The van der Waals surface area contributed by atoms with Crippen molar-refractivity contribution in [1.82, 2.24) is 14.8 Å². The minimum atomic E-state index is -1.22. The molecule has 0 unspecified atom stereocenters. The number of esters is 1. The Hall–Kier alpha value is -2.15. The molecular weight excluding hydrogens is 322 g/mol. The zero-order valence-corrected chi connectivity index (χ0v) is 13.8. The first-order chi connectivity index (χ1) is 11.0. The standard InChI is InChI=1S/C15H18ClN3O4/c1-3-4-5-6-19-14-10(7-17-19)13(16)12(15(21)22)11(18-14)8-23-9(2)20/h7H,3-6,8H2,1-2H3,(H,21,22). The molecule has 2 heterocycles. The molecule has 0 aliphatic carbocycles. The molecule has 0 aliphatic rings. The van der Waals surface area contributed by atoms with E-state index < -0.39 is 11.9 Å². The Kier molecular flexibility index (Phi) is 5.54. The molecule has 0 saturated heterocycles. The van der Waals surface area contributed by atoms with Crippen molar-refractivity contribution in [2.24, 2.45) is 0 Å². The van der Waals surface area contributed by atoms with Gasteiger partial charge in [0.25, 0.3) is 0 Å². The van der Waals surface area contributed by atoms with Crippen LogP contribution in [-0.2, 0) is 22.7 Å². The zero-order chi connectivity index (χ0) is 17.0. The summed E-state index contributed by atoms with van der Waals surface area (Å²) in [7, 11) is 0. The molecule has 0 aromatic carbocycles. The molecule has 0 spiro atoms. The number of carboxylic acids is 1. The molecule has 0 radical (unpaired) electrons. The quantitative estimate of drug-likeness (QED) is 0.615. The predicted octanol–water partition coefficient (Wildman–Crippen LogP) is 3.04. The van der Waals surface area contributed by atoms with Crippen molar-refractivity contribution in [3.05, 3.63) is 22.5 Å². The van der Waals surface area contributed by atoms with Crippen LogP contribution in [0, 0.1) is 0 Å². The SMILES string of the molecule is CCCCCn1ncc2c(Cl)c(C(=O)O)c(COC(C)=O)nc21. The van der Waals surface area contributed by atoms with Gasteiger partial charge >= 0.3 is 11.9 Å². The van der Waals surface area contributed by atoms with Crippen LogP contribution < -0.4 is 0 Å². The van der Waals surface area contributed by atoms with Crippen LogP contribution in [-0.4, -0.2) is 31.8 Å². The van der Waals surface area contributed by atoms with Gasteiger partial charge in [-0.2, -0.15) is 5.10 Å². The van der Waals surface area contributed by atoms with E-state index >= 15 is 0 Å². The highest BCUT2D eigenvalue weighted by Gasteiger charge is 2.22. The van der Waals surface area contributed by atoms with E-state index in [0.717, 1.165) is 19.3 Å². The summed E-state index contributed by atoms with van der Waals surface area (Å²) in [6.45, 7) is 3.77. The van der Waals surface area contributed by atoms with E-state index in [4.69, 9.17) is 16.3 Å². The van der Waals surface area contributed by atoms with Crippen LogP contribution in [0.1, 0.15) is 49.2 Å². The normalized spacial score (nSPS) is 10.9. The van der Waals surface area contributed by atoms with Crippen LogP contribution in [0.4, 0.5) is 0 Å². The van der Waals surface area contributed by atoms with Gasteiger partial charge in [0.15, 0.2) is 5.65 Å². The first kappa shape index (κ1) is 17.2. The van der Waals surface area contributed by atoms with E-state index in [0.29, 0.717) is 17.6 Å². The third-order valence-electron chi connectivity index (χ3n) is 3.40. The molecule has 1 N–H and O–H groups in total. The average Bonchev–Trinajstić information content (AvgIpc) is 2.88. The summed E-state index contributed by atoms with van der Waals surface area (Å²) >= 11 is 6.22. The highest BCUT2D eigenvalue weighted by atomic mass is 35.5. The first-order valence-corrected chi connectivity index (χ1v) is 7.74. The summed E-state index contributed by atoms with van der Waals surface area (Å²) in [5.74, 6) is -1.74. The average molecular weight is 340 g/mol. The van der Waals surface area contributed by atoms with Gasteiger partial charge in [-0.1, -0.05) is 31.4 Å². The number of hydrogen-bond acceptors (Lipinski definition) is 5. The molecule has 2 aromatic heterocycles. The van der Waals surface area contributed by atoms with Gasteiger partial charge in [0.1, 0.15) is 12.2 Å². The summed E-state index contributed by atoms with van der Waals surface area (Å²) in [6, 6.07) is 0. The number of carbonyl (C=O) groups is 2. The fourth-order valence-corrected chi connectivity index (χ4v) is 2.59. The van der Waals surface area contributed by atoms with Gasteiger partial charge in [0.2, 0.25) is 0 Å². The van der Waals surface area contributed by atoms with Gasteiger partial charge in [-0.05, 0) is 6.42 Å². The third kappa shape index (κ3) is 3.79. The molecule has 2 aromatic rings. The van der Waals surface area contributed by atoms with Crippen LogP contribution in [0.3, 0.4) is 0 Å². The second-order valence-electron chi connectivity index (χ2n) is 5.14. The van der Waals surface area contributed by atoms with Crippen LogP contribution in [0.15, 0.2) is 6.20 Å². The summed E-state index contributed by atoms with van der Waals surface area (Å²) in [5.41, 5.74) is 0.453. The fraction of sp³-hybridized carbons (Fsp3) is 0.467. The lowest BCUT2D eigenvalue weighted by Gasteiger charge is -2.09. The van der Waals surface area contributed by atoms with Gasteiger partial charge in [-0.3, -0.25) is 4.79 Å². The minimum absolute atomic E-state index is 0.0615. The molecule has 0 amide bonds. The second-order valence-corrected chi connectivity index (χ2v) is 5.52. The molecule has 8 heteroatoms. The van der Waals surface area contributed by atoms with Crippen LogP contribution in [0.25, 0.3) is 11.0 Å². The van der Waals surface area contributed by atoms with Crippen molar-refractivity contribution >= 4 is 34.6 Å². The number of unbranched alkanes of at least 4 members (excludes halogenated alkanes) is 2. The van der Waals surface area contributed by atoms with Crippen molar-refractivity contribution in [3.63, 3.8) is 0 Å². The maximum atomic E-state index is 11.5. The van der Waals surface area contributed by atoms with Crippen molar-refractivity contribution in [2.45, 2.75) is 46.3 Å². The van der Waals surface area contributed by atoms with Crippen molar-refractivity contribution in [2.75, 3.05) is 0 Å². The van der Waals surface area contributed by atoms with Gasteiger partial charge in [0, 0.05) is 13.5 Å².